The third-order valence-electron chi connectivity index (χ3n) is 3.24. The van der Waals surface area contributed by atoms with Crippen LogP contribution in [0.5, 0.6) is 0 Å². The third-order valence-corrected chi connectivity index (χ3v) is 3.24. The fourth-order valence-electron chi connectivity index (χ4n) is 1.39. The lowest BCUT2D eigenvalue weighted by molar-refractivity contribution is -0.00281. The summed E-state index contributed by atoms with van der Waals surface area (Å²) in [4.78, 5) is 4.09. The lowest BCUT2D eigenvalue weighted by atomic mass is 9.86. The molecule has 1 unspecified atom stereocenters. The Balaban J connectivity index is 2.57. The Morgan fingerprint density at radius 3 is 2.65 bits per heavy atom. The first-order chi connectivity index (χ1) is 7.89. The molecule has 98 valence electrons. The zero-order valence-electron chi connectivity index (χ0n) is 10.7. The number of aryl methyl sites for hydroxylation is 1. The van der Waals surface area contributed by atoms with Gasteiger partial charge in [0.25, 0.3) is 0 Å². The van der Waals surface area contributed by atoms with E-state index in [-0.39, 0.29) is 6.04 Å². The quantitative estimate of drug-likeness (QED) is 0.835. The maximum absolute atomic E-state index is 12.8. The summed E-state index contributed by atoms with van der Waals surface area (Å²) in [6.07, 6.45) is -0.877. The van der Waals surface area contributed by atoms with Crippen molar-refractivity contribution in [2.45, 2.75) is 53.3 Å². The van der Waals surface area contributed by atoms with Crippen LogP contribution in [0, 0.1) is 5.41 Å². The number of nitrogens with zero attached hydrogens (tertiary/aromatic N) is 3. The molecular weight excluding hydrogens is 226 g/mol. The number of hydrogen-bond donors (Lipinski definition) is 1. The summed E-state index contributed by atoms with van der Waals surface area (Å²) in [5, 5.41) is 7.11. The molecule has 0 aromatic carbocycles. The van der Waals surface area contributed by atoms with Crippen LogP contribution >= 0.6 is 0 Å². The van der Waals surface area contributed by atoms with Crippen molar-refractivity contribution in [1.29, 1.82) is 0 Å². The van der Waals surface area contributed by atoms with Crippen LogP contribution in [0.25, 0.3) is 0 Å². The van der Waals surface area contributed by atoms with Crippen LogP contribution in [-0.4, -0.2) is 27.2 Å². The van der Waals surface area contributed by atoms with Gasteiger partial charge >= 0.3 is 0 Å². The predicted molar refractivity (Wildman–Crippen MR) is 61.8 cm³/mol. The Morgan fingerprint density at radius 2 is 2.12 bits per heavy atom. The van der Waals surface area contributed by atoms with Crippen molar-refractivity contribution in [2.75, 3.05) is 0 Å². The van der Waals surface area contributed by atoms with E-state index in [2.05, 4.69) is 15.4 Å². The number of hydrogen-bond acceptors (Lipinski definition) is 3. The molecule has 0 amide bonds. The van der Waals surface area contributed by atoms with Crippen LogP contribution in [0.4, 0.5) is 8.78 Å². The van der Waals surface area contributed by atoms with Crippen LogP contribution in [0.1, 0.15) is 33.5 Å². The molecule has 1 aromatic rings. The van der Waals surface area contributed by atoms with Crippen molar-refractivity contribution >= 4 is 0 Å². The number of rotatable bonds is 6. The average molecular weight is 246 g/mol. The zero-order valence-corrected chi connectivity index (χ0v) is 10.7. The molecule has 0 aliphatic heterocycles. The molecular formula is C11H20F2N4. The van der Waals surface area contributed by atoms with Gasteiger partial charge in [-0.3, -0.25) is 0 Å². The number of aromatic nitrogens is 3. The molecule has 17 heavy (non-hydrogen) atoms. The molecule has 0 radical (unpaired) electrons. The smallest absolute Gasteiger partial charge is 0.245 e. The Morgan fingerprint density at radius 1 is 1.47 bits per heavy atom. The number of alkyl halides is 2. The molecule has 4 nitrogen and oxygen atoms in total. The van der Waals surface area contributed by atoms with Crippen molar-refractivity contribution in [2.24, 2.45) is 5.41 Å². The van der Waals surface area contributed by atoms with E-state index in [0.29, 0.717) is 6.54 Å². The molecule has 0 saturated carbocycles. The van der Waals surface area contributed by atoms with Gasteiger partial charge in [-0.05, 0) is 13.8 Å². The Kier molecular flexibility index (Phi) is 4.56. The molecule has 0 aliphatic rings. The van der Waals surface area contributed by atoms with Crippen LogP contribution in [0.3, 0.4) is 0 Å². The Bertz CT molecular complexity index is 349. The molecule has 0 saturated heterocycles. The lowest BCUT2D eigenvalue weighted by Gasteiger charge is -2.31. The highest BCUT2D eigenvalue weighted by Crippen LogP contribution is 2.28. The van der Waals surface area contributed by atoms with E-state index in [1.165, 1.54) is 6.33 Å². The highest BCUT2D eigenvalue weighted by atomic mass is 19.3. The zero-order chi connectivity index (χ0) is 13.1. The fraction of sp³-hybridized carbons (Fsp3) is 0.818. The van der Waals surface area contributed by atoms with E-state index in [0.717, 1.165) is 12.4 Å². The molecule has 1 aromatic heterocycles. The number of halogens is 2. The molecule has 0 aliphatic carbocycles. The minimum absolute atomic E-state index is 0.301. The van der Waals surface area contributed by atoms with Crippen molar-refractivity contribution in [3.05, 3.63) is 12.2 Å². The van der Waals surface area contributed by atoms with Gasteiger partial charge < -0.3 is 5.32 Å². The Hall–Kier alpha value is -1.04. The second-order valence-corrected chi connectivity index (χ2v) is 4.72. The van der Waals surface area contributed by atoms with Crippen LogP contribution < -0.4 is 5.32 Å². The molecule has 1 N–H and O–H groups in total. The predicted octanol–water partition coefficient (Wildman–Crippen LogP) is 2.07. The summed E-state index contributed by atoms with van der Waals surface area (Å²) in [6, 6.07) is -0.301. The van der Waals surface area contributed by atoms with Gasteiger partial charge in [-0.25, -0.2) is 18.4 Å². The van der Waals surface area contributed by atoms with E-state index >= 15 is 0 Å². The molecule has 1 atom stereocenters. The first-order valence-electron chi connectivity index (χ1n) is 5.77. The monoisotopic (exact) mass is 246 g/mol. The largest absolute Gasteiger partial charge is 0.307 e. The van der Waals surface area contributed by atoms with Gasteiger partial charge in [0.1, 0.15) is 12.2 Å². The van der Waals surface area contributed by atoms with E-state index in [4.69, 9.17) is 0 Å². The molecule has 1 heterocycles. The second kappa shape index (κ2) is 5.53. The third kappa shape index (κ3) is 3.21. The van der Waals surface area contributed by atoms with Crippen molar-refractivity contribution < 1.29 is 8.78 Å². The first-order valence-corrected chi connectivity index (χ1v) is 5.77. The van der Waals surface area contributed by atoms with Gasteiger partial charge in [0.05, 0.1) is 6.54 Å². The highest BCUT2D eigenvalue weighted by molar-refractivity contribution is 4.88. The summed E-state index contributed by atoms with van der Waals surface area (Å²) in [5.74, 6) is 0.768. The summed E-state index contributed by atoms with van der Waals surface area (Å²) < 4.78 is 27.3. The van der Waals surface area contributed by atoms with Gasteiger partial charge in [-0.1, -0.05) is 13.8 Å². The fourth-order valence-corrected chi connectivity index (χ4v) is 1.39. The van der Waals surface area contributed by atoms with Gasteiger partial charge in [0, 0.05) is 18.0 Å². The van der Waals surface area contributed by atoms with Gasteiger partial charge in [-0.15, -0.1) is 0 Å². The van der Waals surface area contributed by atoms with Gasteiger partial charge in [-0.2, -0.15) is 5.10 Å². The van der Waals surface area contributed by atoms with Crippen molar-refractivity contribution in [1.82, 2.24) is 20.1 Å². The highest BCUT2D eigenvalue weighted by Gasteiger charge is 2.35. The van der Waals surface area contributed by atoms with E-state index in [9.17, 15) is 8.78 Å². The standard InChI is InChI=1S/C11H20F2N4/c1-5-17-9(15-7-16-17)6-14-8(2)11(3,4)10(12)13/h7-8,10,14H,5-6H2,1-4H3. The van der Waals surface area contributed by atoms with Crippen molar-refractivity contribution in [3.8, 4) is 0 Å². The van der Waals surface area contributed by atoms with Gasteiger partial charge in [0.2, 0.25) is 6.43 Å². The second-order valence-electron chi connectivity index (χ2n) is 4.72. The average Bonchev–Trinajstić information content (AvgIpc) is 2.72. The summed E-state index contributed by atoms with van der Waals surface area (Å²) in [6.45, 7) is 8.01. The Labute approximate surface area is 100 Å². The van der Waals surface area contributed by atoms with Crippen molar-refractivity contribution in [3.63, 3.8) is 0 Å². The topological polar surface area (TPSA) is 42.7 Å². The minimum atomic E-state index is -2.35. The van der Waals surface area contributed by atoms with E-state index < -0.39 is 11.8 Å². The SMILES string of the molecule is CCn1ncnc1CNC(C)C(C)(C)C(F)F. The normalized spacial score (nSPS) is 14.3. The molecule has 0 spiro atoms. The molecule has 0 bridgehead atoms. The van der Waals surface area contributed by atoms with Crippen LogP contribution in [0.2, 0.25) is 0 Å². The summed E-state index contributed by atoms with van der Waals surface area (Å²) in [7, 11) is 0. The molecule has 1 rings (SSSR count). The minimum Gasteiger partial charge on any atom is -0.307 e. The molecule has 6 heteroatoms. The summed E-state index contributed by atoms with van der Waals surface area (Å²) >= 11 is 0. The summed E-state index contributed by atoms with van der Waals surface area (Å²) in [5.41, 5.74) is -1.06. The molecule has 0 fully saturated rings. The van der Waals surface area contributed by atoms with E-state index in [1.54, 1.807) is 25.5 Å². The number of nitrogens with one attached hydrogen (secondary N) is 1. The van der Waals surface area contributed by atoms with Crippen LogP contribution in [0.15, 0.2) is 6.33 Å². The van der Waals surface area contributed by atoms with Crippen LogP contribution in [-0.2, 0) is 13.1 Å². The lowest BCUT2D eigenvalue weighted by Crippen LogP contribution is -2.44. The van der Waals surface area contributed by atoms with E-state index in [1.807, 2.05) is 6.92 Å². The maximum Gasteiger partial charge on any atom is 0.245 e. The first kappa shape index (κ1) is 14.0. The van der Waals surface area contributed by atoms with Gasteiger partial charge in [0.15, 0.2) is 0 Å². The maximum atomic E-state index is 12.8.